The van der Waals surface area contributed by atoms with Crippen molar-refractivity contribution in [3.8, 4) is 0 Å². The fraction of sp³-hybridized carbons (Fsp3) is 0.316. The van der Waals surface area contributed by atoms with Crippen LogP contribution in [0.5, 0.6) is 0 Å². The van der Waals surface area contributed by atoms with Gasteiger partial charge in [-0.1, -0.05) is 23.9 Å². The lowest BCUT2D eigenvalue weighted by Crippen LogP contribution is -2.40. The molecule has 3 rings (SSSR count). The minimum Gasteiger partial charge on any atom is -0.466 e. The standard InChI is InChI=1S/C19H19N3O7S/c1-4-29-19(25)13-12(10-6-5-7-11(8-10)22(26)27)14(18(24)28-3)17-21(15(13)20)16(23)9(2)30-17/h5-9,12H,4,20H2,1-3H3/t9-,12-/m0/s1. The molecule has 10 nitrogen and oxygen atoms in total. The van der Waals surface area contributed by atoms with E-state index in [1.165, 1.54) is 31.4 Å². The van der Waals surface area contributed by atoms with E-state index < -0.39 is 33.9 Å². The third kappa shape index (κ3) is 3.41. The first kappa shape index (κ1) is 21.4. The molecule has 2 heterocycles. The molecule has 2 aliphatic rings. The fourth-order valence-corrected chi connectivity index (χ4v) is 4.56. The Morgan fingerprint density at radius 1 is 1.30 bits per heavy atom. The first-order valence-corrected chi connectivity index (χ1v) is 9.85. The van der Waals surface area contributed by atoms with E-state index >= 15 is 0 Å². The molecule has 2 N–H and O–H groups in total. The summed E-state index contributed by atoms with van der Waals surface area (Å²) in [5.74, 6) is -3.28. The van der Waals surface area contributed by atoms with E-state index in [1.54, 1.807) is 13.8 Å². The minimum atomic E-state index is -1.10. The Kier molecular flexibility index (Phi) is 5.83. The molecule has 0 aliphatic carbocycles. The van der Waals surface area contributed by atoms with E-state index in [4.69, 9.17) is 15.2 Å². The number of hydrogen-bond acceptors (Lipinski definition) is 9. The van der Waals surface area contributed by atoms with Gasteiger partial charge in [0.25, 0.3) is 5.69 Å². The van der Waals surface area contributed by atoms with Gasteiger partial charge in [0.15, 0.2) is 0 Å². The number of thioether (sulfide) groups is 1. The number of ether oxygens (including phenoxy) is 2. The molecule has 1 saturated heterocycles. The first-order chi connectivity index (χ1) is 14.2. The molecule has 0 radical (unpaired) electrons. The van der Waals surface area contributed by atoms with Crippen LogP contribution >= 0.6 is 11.8 Å². The average Bonchev–Trinajstić information content (AvgIpc) is 3.02. The smallest absolute Gasteiger partial charge is 0.338 e. The van der Waals surface area contributed by atoms with E-state index in [0.29, 0.717) is 0 Å². The maximum absolute atomic E-state index is 12.8. The second-order valence-corrected chi connectivity index (χ2v) is 7.78. The monoisotopic (exact) mass is 433 g/mol. The van der Waals surface area contributed by atoms with Gasteiger partial charge in [0.1, 0.15) is 5.82 Å². The van der Waals surface area contributed by atoms with Gasteiger partial charge in [0.05, 0.1) is 46.0 Å². The van der Waals surface area contributed by atoms with E-state index in [0.717, 1.165) is 16.7 Å². The lowest BCUT2D eigenvalue weighted by molar-refractivity contribution is -0.384. The number of nitrogens with two attached hydrogens (primary N) is 1. The number of amides is 1. The van der Waals surface area contributed by atoms with Crippen molar-refractivity contribution in [2.75, 3.05) is 13.7 Å². The summed E-state index contributed by atoms with van der Waals surface area (Å²) < 4.78 is 10.0. The Bertz CT molecular complexity index is 1020. The van der Waals surface area contributed by atoms with Crippen LogP contribution in [-0.4, -0.2) is 46.6 Å². The molecule has 0 saturated carbocycles. The molecule has 0 bridgehead atoms. The van der Waals surface area contributed by atoms with Gasteiger partial charge >= 0.3 is 11.9 Å². The number of nitro groups is 1. The van der Waals surface area contributed by atoms with Gasteiger partial charge in [-0.2, -0.15) is 0 Å². The third-order valence-corrected chi connectivity index (χ3v) is 5.88. The number of fused-ring (bicyclic) bond motifs is 1. The number of carbonyl (C=O) groups excluding carboxylic acids is 3. The van der Waals surface area contributed by atoms with Crippen molar-refractivity contribution >= 4 is 35.3 Å². The fourth-order valence-electron chi connectivity index (χ4n) is 3.40. The highest BCUT2D eigenvalue weighted by Crippen LogP contribution is 2.50. The summed E-state index contributed by atoms with van der Waals surface area (Å²) >= 11 is 1.10. The molecule has 0 unspecified atom stereocenters. The van der Waals surface area contributed by atoms with Gasteiger partial charge in [-0.3, -0.25) is 19.8 Å². The average molecular weight is 433 g/mol. The van der Waals surface area contributed by atoms with Gasteiger partial charge in [-0.25, -0.2) is 9.59 Å². The maximum Gasteiger partial charge on any atom is 0.338 e. The number of nitrogens with zero attached hydrogens (tertiary/aromatic N) is 2. The van der Waals surface area contributed by atoms with Crippen LogP contribution in [-0.2, 0) is 23.9 Å². The van der Waals surface area contributed by atoms with E-state index in [-0.39, 0.29) is 39.9 Å². The molecule has 1 aromatic carbocycles. The molecule has 0 spiro atoms. The summed E-state index contributed by atoms with van der Waals surface area (Å²) in [4.78, 5) is 50.1. The molecule has 1 fully saturated rings. The van der Waals surface area contributed by atoms with Crippen molar-refractivity contribution in [2.45, 2.75) is 25.0 Å². The summed E-state index contributed by atoms with van der Waals surface area (Å²) in [5.41, 5.74) is 6.12. The van der Waals surface area contributed by atoms with Crippen LogP contribution in [0.2, 0.25) is 0 Å². The van der Waals surface area contributed by atoms with Crippen LogP contribution < -0.4 is 5.73 Å². The number of benzene rings is 1. The predicted octanol–water partition coefficient (Wildman–Crippen LogP) is 1.77. The van der Waals surface area contributed by atoms with Crippen molar-refractivity contribution < 1.29 is 28.8 Å². The molecule has 30 heavy (non-hydrogen) atoms. The van der Waals surface area contributed by atoms with Gasteiger partial charge in [0.2, 0.25) is 5.91 Å². The van der Waals surface area contributed by atoms with Crippen LogP contribution in [0.25, 0.3) is 0 Å². The Balaban J connectivity index is 2.33. The highest BCUT2D eigenvalue weighted by molar-refractivity contribution is 8.04. The highest BCUT2D eigenvalue weighted by atomic mass is 32.2. The minimum absolute atomic E-state index is 0.00190. The van der Waals surface area contributed by atoms with Gasteiger partial charge in [-0.15, -0.1) is 0 Å². The van der Waals surface area contributed by atoms with E-state index in [2.05, 4.69) is 0 Å². The van der Waals surface area contributed by atoms with Crippen molar-refractivity contribution in [1.82, 2.24) is 4.90 Å². The van der Waals surface area contributed by atoms with Crippen LogP contribution in [0.1, 0.15) is 25.3 Å². The number of methoxy groups -OCH3 is 1. The summed E-state index contributed by atoms with van der Waals surface area (Å²) in [7, 11) is 1.17. The predicted molar refractivity (Wildman–Crippen MR) is 107 cm³/mol. The lowest BCUT2D eigenvalue weighted by atomic mass is 9.82. The van der Waals surface area contributed by atoms with Gasteiger partial charge < -0.3 is 15.2 Å². The Labute approximate surface area is 175 Å². The van der Waals surface area contributed by atoms with Crippen molar-refractivity contribution in [2.24, 2.45) is 5.73 Å². The first-order valence-electron chi connectivity index (χ1n) is 8.97. The lowest BCUT2D eigenvalue weighted by Gasteiger charge is -2.32. The number of hydrogen-bond donors (Lipinski definition) is 1. The van der Waals surface area contributed by atoms with Crippen LogP contribution in [0.3, 0.4) is 0 Å². The summed E-state index contributed by atoms with van der Waals surface area (Å²) in [5, 5.41) is 11.0. The van der Waals surface area contributed by atoms with Crippen molar-refractivity contribution in [1.29, 1.82) is 0 Å². The van der Waals surface area contributed by atoms with Crippen LogP contribution in [0, 0.1) is 10.1 Å². The number of nitro benzene ring substituents is 1. The summed E-state index contributed by atoms with van der Waals surface area (Å²) in [6, 6.07) is 5.51. The molecule has 0 aromatic heterocycles. The van der Waals surface area contributed by atoms with Crippen LogP contribution in [0.4, 0.5) is 5.69 Å². The zero-order chi connectivity index (χ0) is 22.2. The zero-order valence-electron chi connectivity index (χ0n) is 16.4. The molecular weight excluding hydrogens is 414 g/mol. The highest BCUT2D eigenvalue weighted by Gasteiger charge is 2.49. The van der Waals surface area contributed by atoms with Crippen molar-refractivity contribution in [3.05, 3.63) is 61.9 Å². The molecule has 2 atom stereocenters. The largest absolute Gasteiger partial charge is 0.466 e. The Morgan fingerprint density at radius 3 is 2.60 bits per heavy atom. The van der Waals surface area contributed by atoms with E-state index in [9.17, 15) is 24.5 Å². The molecular formula is C19H19N3O7S. The number of non-ortho nitro benzene ring substituents is 1. The topological polar surface area (TPSA) is 142 Å². The molecule has 11 heteroatoms. The van der Waals surface area contributed by atoms with E-state index in [1.807, 2.05) is 0 Å². The molecule has 2 aliphatic heterocycles. The quantitative estimate of drug-likeness (QED) is 0.417. The second-order valence-electron chi connectivity index (χ2n) is 6.45. The second kappa shape index (κ2) is 8.19. The van der Waals surface area contributed by atoms with Crippen molar-refractivity contribution in [3.63, 3.8) is 0 Å². The maximum atomic E-state index is 12.8. The third-order valence-electron chi connectivity index (χ3n) is 4.70. The summed E-state index contributed by atoms with van der Waals surface area (Å²) in [6.45, 7) is 3.27. The van der Waals surface area contributed by atoms with Crippen LogP contribution in [0.15, 0.2) is 46.3 Å². The number of carbonyl (C=O) groups is 3. The normalized spacial score (nSPS) is 20.9. The molecule has 158 valence electrons. The number of esters is 2. The summed E-state index contributed by atoms with van der Waals surface area (Å²) in [6.07, 6.45) is 0. The zero-order valence-corrected chi connectivity index (χ0v) is 17.2. The van der Waals surface area contributed by atoms with Gasteiger partial charge in [0, 0.05) is 12.1 Å². The SMILES string of the molecule is CCOC(=O)C1=C(N)N2C(=O)[C@H](C)SC2=C(C(=O)OC)[C@H]1c1cccc([N+](=O)[O-])c1. The number of rotatable bonds is 5. The molecule has 1 aromatic rings. The Morgan fingerprint density at radius 2 is 2.00 bits per heavy atom. The molecule has 1 amide bonds. The Hall–Kier alpha value is -3.34. The van der Waals surface area contributed by atoms with Gasteiger partial charge in [-0.05, 0) is 19.4 Å².